The van der Waals surface area contributed by atoms with Gasteiger partial charge in [-0.1, -0.05) is 0 Å². The van der Waals surface area contributed by atoms with Crippen molar-refractivity contribution in [3.05, 3.63) is 27.8 Å². The molecular formula is C6H5F2N3O2. The number of hydrogen-bond acceptors (Lipinski definition) is 4. The predicted molar refractivity (Wildman–Crippen MR) is 41.8 cm³/mol. The first-order valence-electron chi connectivity index (χ1n) is 3.12. The first-order valence-corrected chi connectivity index (χ1v) is 3.12. The first-order chi connectivity index (χ1) is 5.95. The minimum Gasteiger partial charge on any atom is -0.394 e. The standard InChI is InChI=1S/C6H5F2N3O2/c7-2-1-3(11(12)13)6(10)4(8)5(2)9/h1H,9-10H2. The summed E-state index contributed by atoms with van der Waals surface area (Å²) in [5.41, 5.74) is 7.48. The summed E-state index contributed by atoms with van der Waals surface area (Å²) in [5.74, 6) is -2.50. The van der Waals surface area contributed by atoms with Crippen molar-refractivity contribution in [3.63, 3.8) is 0 Å². The van der Waals surface area contributed by atoms with E-state index in [1.165, 1.54) is 0 Å². The monoisotopic (exact) mass is 189 g/mol. The summed E-state index contributed by atoms with van der Waals surface area (Å²) < 4.78 is 25.5. The summed E-state index contributed by atoms with van der Waals surface area (Å²) in [4.78, 5) is 9.20. The largest absolute Gasteiger partial charge is 0.394 e. The third-order valence-electron chi connectivity index (χ3n) is 1.47. The summed E-state index contributed by atoms with van der Waals surface area (Å²) in [6.07, 6.45) is 0. The zero-order chi connectivity index (χ0) is 10.2. The molecular weight excluding hydrogens is 184 g/mol. The number of anilines is 2. The lowest BCUT2D eigenvalue weighted by atomic mass is 10.2. The molecule has 0 saturated carbocycles. The SMILES string of the molecule is Nc1c(F)cc([N+](=O)[O-])c(N)c1F. The molecule has 0 atom stereocenters. The van der Waals surface area contributed by atoms with Crippen LogP contribution in [0.3, 0.4) is 0 Å². The third-order valence-corrected chi connectivity index (χ3v) is 1.47. The van der Waals surface area contributed by atoms with E-state index >= 15 is 0 Å². The van der Waals surface area contributed by atoms with Gasteiger partial charge >= 0.3 is 0 Å². The molecule has 5 nitrogen and oxygen atoms in total. The summed E-state index contributed by atoms with van der Waals surface area (Å²) in [7, 11) is 0. The molecule has 0 amide bonds. The summed E-state index contributed by atoms with van der Waals surface area (Å²) in [6, 6.07) is 0.480. The smallest absolute Gasteiger partial charge is 0.298 e. The van der Waals surface area contributed by atoms with E-state index in [4.69, 9.17) is 11.5 Å². The van der Waals surface area contributed by atoms with Gasteiger partial charge in [0, 0.05) is 0 Å². The third kappa shape index (κ3) is 1.35. The van der Waals surface area contributed by atoms with Crippen LogP contribution in [0.1, 0.15) is 0 Å². The molecule has 1 rings (SSSR count). The van der Waals surface area contributed by atoms with E-state index in [1.807, 2.05) is 0 Å². The second-order valence-corrected chi connectivity index (χ2v) is 2.28. The van der Waals surface area contributed by atoms with Crippen molar-refractivity contribution < 1.29 is 13.7 Å². The molecule has 0 bridgehead atoms. The van der Waals surface area contributed by atoms with Gasteiger partial charge in [-0.05, 0) is 0 Å². The number of nitro groups is 1. The number of nitrogens with zero attached hydrogens (tertiary/aromatic N) is 1. The number of nitro benzene ring substituents is 1. The maximum absolute atomic E-state index is 12.8. The van der Waals surface area contributed by atoms with Crippen molar-refractivity contribution in [3.8, 4) is 0 Å². The fourth-order valence-corrected chi connectivity index (χ4v) is 0.789. The fraction of sp³-hybridized carbons (Fsp3) is 0. The molecule has 0 aliphatic rings. The normalized spacial score (nSPS) is 10.0. The van der Waals surface area contributed by atoms with Crippen LogP contribution in [0.2, 0.25) is 0 Å². The van der Waals surface area contributed by atoms with Crippen molar-refractivity contribution in [1.82, 2.24) is 0 Å². The molecule has 0 fully saturated rings. The van der Waals surface area contributed by atoms with Gasteiger partial charge < -0.3 is 11.5 Å². The van der Waals surface area contributed by atoms with Crippen LogP contribution in [0.25, 0.3) is 0 Å². The Hall–Kier alpha value is -1.92. The van der Waals surface area contributed by atoms with E-state index in [2.05, 4.69) is 0 Å². The van der Waals surface area contributed by atoms with E-state index < -0.39 is 33.6 Å². The fourth-order valence-electron chi connectivity index (χ4n) is 0.789. The zero-order valence-corrected chi connectivity index (χ0v) is 6.25. The Labute approximate surface area is 71.1 Å². The van der Waals surface area contributed by atoms with Crippen LogP contribution < -0.4 is 11.5 Å². The van der Waals surface area contributed by atoms with E-state index in [0.717, 1.165) is 0 Å². The molecule has 4 N–H and O–H groups in total. The van der Waals surface area contributed by atoms with Crippen molar-refractivity contribution in [2.45, 2.75) is 0 Å². The Morgan fingerprint density at radius 1 is 1.31 bits per heavy atom. The number of benzene rings is 1. The van der Waals surface area contributed by atoms with Gasteiger partial charge in [-0.3, -0.25) is 10.1 Å². The van der Waals surface area contributed by atoms with Crippen LogP contribution >= 0.6 is 0 Å². The maximum atomic E-state index is 12.8. The maximum Gasteiger partial charge on any atom is 0.298 e. The second kappa shape index (κ2) is 2.85. The predicted octanol–water partition coefficient (Wildman–Crippen LogP) is 1.04. The summed E-state index contributed by atoms with van der Waals surface area (Å²) >= 11 is 0. The van der Waals surface area contributed by atoms with Gasteiger partial charge in [-0.25, -0.2) is 8.78 Å². The molecule has 0 radical (unpaired) electrons. The lowest BCUT2D eigenvalue weighted by Crippen LogP contribution is -2.04. The highest BCUT2D eigenvalue weighted by Crippen LogP contribution is 2.30. The number of halogens is 2. The Kier molecular flexibility index (Phi) is 2.01. The van der Waals surface area contributed by atoms with Gasteiger partial charge in [0.15, 0.2) is 11.6 Å². The molecule has 1 aromatic rings. The molecule has 13 heavy (non-hydrogen) atoms. The van der Waals surface area contributed by atoms with Crippen molar-refractivity contribution in [2.75, 3.05) is 11.5 Å². The molecule has 1 aromatic carbocycles. The average molecular weight is 189 g/mol. The number of hydrogen-bond donors (Lipinski definition) is 2. The van der Waals surface area contributed by atoms with E-state index in [-0.39, 0.29) is 0 Å². The van der Waals surface area contributed by atoms with Crippen LogP contribution in [0.15, 0.2) is 6.07 Å². The molecule has 0 heterocycles. The molecule has 0 unspecified atom stereocenters. The zero-order valence-electron chi connectivity index (χ0n) is 6.25. The van der Waals surface area contributed by atoms with Crippen molar-refractivity contribution in [2.24, 2.45) is 0 Å². The average Bonchev–Trinajstić information content (AvgIpc) is 2.07. The van der Waals surface area contributed by atoms with Crippen LogP contribution in [-0.2, 0) is 0 Å². The number of nitrogens with two attached hydrogens (primary N) is 2. The molecule has 0 saturated heterocycles. The van der Waals surface area contributed by atoms with Crippen LogP contribution in [-0.4, -0.2) is 4.92 Å². The van der Waals surface area contributed by atoms with Gasteiger partial charge in [0.1, 0.15) is 11.4 Å². The van der Waals surface area contributed by atoms with Gasteiger partial charge in [0.25, 0.3) is 5.69 Å². The Morgan fingerprint density at radius 2 is 1.85 bits per heavy atom. The summed E-state index contributed by atoms with van der Waals surface area (Å²) in [5, 5.41) is 10.2. The first kappa shape index (κ1) is 9.17. The van der Waals surface area contributed by atoms with Crippen LogP contribution in [0.4, 0.5) is 25.8 Å². The Bertz CT molecular complexity index is 381. The minimum atomic E-state index is -1.30. The van der Waals surface area contributed by atoms with E-state index in [9.17, 15) is 18.9 Å². The Balaban J connectivity index is 3.50. The van der Waals surface area contributed by atoms with Gasteiger partial charge in [-0.15, -0.1) is 0 Å². The van der Waals surface area contributed by atoms with Crippen LogP contribution in [0, 0.1) is 21.7 Å². The van der Waals surface area contributed by atoms with Crippen molar-refractivity contribution in [1.29, 1.82) is 0 Å². The highest BCUT2D eigenvalue weighted by atomic mass is 19.1. The molecule has 0 aliphatic carbocycles. The summed E-state index contributed by atoms with van der Waals surface area (Å²) in [6.45, 7) is 0. The van der Waals surface area contributed by atoms with Gasteiger partial charge in [0.05, 0.1) is 11.0 Å². The highest BCUT2D eigenvalue weighted by Gasteiger charge is 2.21. The lowest BCUT2D eigenvalue weighted by Gasteiger charge is -2.02. The molecule has 0 spiro atoms. The Morgan fingerprint density at radius 3 is 2.31 bits per heavy atom. The van der Waals surface area contributed by atoms with E-state index in [0.29, 0.717) is 6.07 Å². The number of nitrogen functional groups attached to an aromatic ring is 2. The quantitative estimate of drug-likeness (QED) is 0.392. The van der Waals surface area contributed by atoms with E-state index in [1.54, 1.807) is 0 Å². The number of rotatable bonds is 1. The van der Waals surface area contributed by atoms with Gasteiger partial charge in [0.2, 0.25) is 0 Å². The molecule has 0 aliphatic heterocycles. The molecule has 0 aromatic heterocycles. The van der Waals surface area contributed by atoms with Gasteiger partial charge in [-0.2, -0.15) is 0 Å². The molecule has 70 valence electrons. The highest BCUT2D eigenvalue weighted by molar-refractivity contribution is 5.66. The van der Waals surface area contributed by atoms with Crippen molar-refractivity contribution >= 4 is 17.1 Å². The lowest BCUT2D eigenvalue weighted by molar-refractivity contribution is -0.384. The van der Waals surface area contributed by atoms with Crippen LogP contribution in [0.5, 0.6) is 0 Å². The minimum absolute atomic E-state index is 0.480. The molecule has 7 heteroatoms. The topological polar surface area (TPSA) is 95.2 Å². The second-order valence-electron chi connectivity index (χ2n) is 2.28.